The van der Waals surface area contributed by atoms with Gasteiger partial charge >= 0.3 is 0 Å². The third kappa shape index (κ3) is 2.29. The van der Waals surface area contributed by atoms with Gasteiger partial charge in [0.2, 0.25) is 0 Å². The molecule has 0 unspecified atom stereocenters. The Balaban J connectivity index is 1.89. The zero-order chi connectivity index (χ0) is 9.10. The van der Waals surface area contributed by atoms with Crippen molar-refractivity contribution < 1.29 is 4.74 Å². The topological polar surface area (TPSA) is 41.2 Å². The Morgan fingerprint density at radius 1 is 1.54 bits per heavy atom. The average Bonchev–Trinajstić information content (AvgIpc) is 2.53. The summed E-state index contributed by atoms with van der Waals surface area (Å²) in [4.78, 5) is 9.77. The molecule has 0 saturated carbocycles. The van der Waals surface area contributed by atoms with Gasteiger partial charge in [0.25, 0.3) is 0 Å². The molecule has 1 fully saturated rings. The van der Waals surface area contributed by atoms with Gasteiger partial charge in [0.1, 0.15) is 5.82 Å². The van der Waals surface area contributed by atoms with Crippen molar-refractivity contribution in [1.82, 2.24) is 14.9 Å². The molecule has 1 N–H and O–H groups in total. The molecule has 1 aliphatic rings. The summed E-state index contributed by atoms with van der Waals surface area (Å²) in [6.07, 6.45) is 1.91. The first-order valence-electron chi connectivity index (χ1n) is 4.65. The minimum atomic E-state index is 0.854. The lowest BCUT2D eigenvalue weighted by Gasteiger charge is -2.25. The number of hydrogen-bond acceptors (Lipinski definition) is 3. The normalized spacial score (nSPS) is 19.2. The van der Waals surface area contributed by atoms with Gasteiger partial charge in [-0.25, -0.2) is 4.98 Å². The van der Waals surface area contributed by atoms with E-state index >= 15 is 0 Å². The molecule has 1 aromatic rings. The highest BCUT2D eigenvalue weighted by Crippen LogP contribution is 2.04. The van der Waals surface area contributed by atoms with Crippen LogP contribution >= 0.6 is 0 Å². The highest BCUT2D eigenvalue weighted by Gasteiger charge is 2.11. The third-order valence-electron chi connectivity index (χ3n) is 2.25. The molecular formula is C9H15N3O. The number of hydrogen-bond donors (Lipinski definition) is 1. The first-order chi connectivity index (χ1) is 6.34. The standard InChI is InChI=1S/C9H15N3O/c1-8-10-6-9(11-8)7-12-2-4-13-5-3-12/h6H,2-5,7H2,1H3,(H,10,11). The van der Waals surface area contributed by atoms with Crippen LogP contribution in [-0.4, -0.2) is 41.2 Å². The van der Waals surface area contributed by atoms with Gasteiger partial charge in [-0.15, -0.1) is 0 Å². The maximum atomic E-state index is 5.28. The molecule has 0 aromatic carbocycles. The number of imidazole rings is 1. The maximum absolute atomic E-state index is 5.28. The molecule has 72 valence electrons. The van der Waals surface area contributed by atoms with E-state index in [-0.39, 0.29) is 0 Å². The lowest BCUT2D eigenvalue weighted by atomic mass is 10.3. The summed E-state index contributed by atoms with van der Waals surface area (Å²) in [5.41, 5.74) is 1.19. The molecule has 0 bridgehead atoms. The second-order valence-electron chi connectivity index (χ2n) is 3.38. The van der Waals surface area contributed by atoms with Gasteiger partial charge < -0.3 is 9.72 Å². The van der Waals surface area contributed by atoms with E-state index in [0.717, 1.165) is 38.7 Å². The van der Waals surface area contributed by atoms with E-state index in [1.165, 1.54) is 5.69 Å². The largest absolute Gasteiger partial charge is 0.379 e. The molecule has 0 radical (unpaired) electrons. The second kappa shape index (κ2) is 3.89. The van der Waals surface area contributed by atoms with Crippen LogP contribution in [0.2, 0.25) is 0 Å². The molecule has 0 aliphatic carbocycles. The Bertz CT molecular complexity index is 266. The molecule has 1 aliphatic heterocycles. The van der Waals surface area contributed by atoms with Gasteiger partial charge in [0.15, 0.2) is 0 Å². The van der Waals surface area contributed by atoms with Crippen molar-refractivity contribution >= 4 is 0 Å². The van der Waals surface area contributed by atoms with Crippen LogP contribution in [0, 0.1) is 6.92 Å². The molecule has 0 atom stereocenters. The molecule has 4 heteroatoms. The van der Waals surface area contributed by atoms with Gasteiger partial charge in [0, 0.05) is 31.5 Å². The molecule has 4 nitrogen and oxygen atoms in total. The Hall–Kier alpha value is -0.870. The number of aromatic nitrogens is 2. The monoisotopic (exact) mass is 181 g/mol. The number of rotatable bonds is 2. The summed E-state index contributed by atoms with van der Waals surface area (Å²) in [5.74, 6) is 0.989. The minimum Gasteiger partial charge on any atom is -0.379 e. The quantitative estimate of drug-likeness (QED) is 0.724. The van der Waals surface area contributed by atoms with Crippen molar-refractivity contribution in [2.45, 2.75) is 13.5 Å². The minimum absolute atomic E-state index is 0.854. The van der Waals surface area contributed by atoms with Crippen molar-refractivity contribution in [3.05, 3.63) is 17.7 Å². The number of aryl methyl sites for hydroxylation is 1. The predicted molar refractivity (Wildman–Crippen MR) is 49.4 cm³/mol. The van der Waals surface area contributed by atoms with Gasteiger partial charge in [-0.05, 0) is 6.92 Å². The van der Waals surface area contributed by atoms with Crippen LogP contribution in [-0.2, 0) is 11.3 Å². The van der Waals surface area contributed by atoms with Crippen molar-refractivity contribution in [1.29, 1.82) is 0 Å². The molecular weight excluding hydrogens is 166 g/mol. The van der Waals surface area contributed by atoms with E-state index in [4.69, 9.17) is 4.74 Å². The van der Waals surface area contributed by atoms with E-state index in [1.54, 1.807) is 0 Å². The number of aromatic amines is 1. The van der Waals surface area contributed by atoms with Crippen LogP contribution < -0.4 is 0 Å². The van der Waals surface area contributed by atoms with Crippen LogP contribution in [0.3, 0.4) is 0 Å². The fraction of sp³-hybridized carbons (Fsp3) is 0.667. The summed E-state index contributed by atoms with van der Waals surface area (Å²) >= 11 is 0. The second-order valence-corrected chi connectivity index (χ2v) is 3.38. The lowest BCUT2D eigenvalue weighted by Crippen LogP contribution is -2.35. The molecule has 1 aromatic heterocycles. The SMILES string of the molecule is Cc1ncc(CN2CCOCC2)[nH]1. The Morgan fingerprint density at radius 2 is 2.31 bits per heavy atom. The maximum Gasteiger partial charge on any atom is 0.103 e. The van der Waals surface area contributed by atoms with Crippen molar-refractivity contribution in [3.63, 3.8) is 0 Å². The molecule has 1 saturated heterocycles. The molecule has 0 spiro atoms. The summed E-state index contributed by atoms with van der Waals surface area (Å²) in [5, 5.41) is 0. The Kier molecular flexibility index (Phi) is 2.61. The van der Waals surface area contributed by atoms with E-state index in [0.29, 0.717) is 0 Å². The lowest BCUT2D eigenvalue weighted by molar-refractivity contribution is 0.0337. The van der Waals surface area contributed by atoms with Crippen LogP contribution in [0.5, 0.6) is 0 Å². The highest BCUT2D eigenvalue weighted by molar-refractivity contribution is 4.99. The fourth-order valence-corrected chi connectivity index (χ4v) is 1.55. The van der Waals surface area contributed by atoms with Crippen LogP contribution in [0.1, 0.15) is 11.5 Å². The van der Waals surface area contributed by atoms with Crippen LogP contribution in [0.15, 0.2) is 6.20 Å². The molecule has 13 heavy (non-hydrogen) atoms. The number of ether oxygens (including phenoxy) is 1. The summed E-state index contributed by atoms with van der Waals surface area (Å²) in [6.45, 7) is 6.70. The summed E-state index contributed by atoms with van der Waals surface area (Å²) in [7, 11) is 0. The molecule has 0 amide bonds. The Labute approximate surface area is 77.9 Å². The highest BCUT2D eigenvalue weighted by atomic mass is 16.5. The number of nitrogens with one attached hydrogen (secondary N) is 1. The van der Waals surface area contributed by atoms with E-state index < -0.39 is 0 Å². The number of morpholine rings is 1. The van der Waals surface area contributed by atoms with Crippen LogP contribution in [0.25, 0.3) is 0 Å². The third-order valence-corrected chi connectivity index (χ3v) is 2.25. The van der Waals surface area contributed by atoms with Crippen molar-refractivity contribution in [2.75, 3.05) is 26.3 Å². The number of nitrogens with zero attached hydrogens (tertiary/aromatic N) is 2. The van der Waals surface area contributed by atoms with Gasteiger partial charge in [-0.3, -0.25) is 4.90 Å². The first kappa shape index (κ1) is 8.72. The zero-order valence-electron chi connectivity index (χ0n) is 7.92. The van der Waals surface area contributed by atoms with Gasteiger partial charge in [-0.2, -0.15) is 0 Å². The smallest absolute Gasteiger partial charge is 0.103 e. The number of H-pyrrole nitrogens is 1. The summed E-state index contributed by atoms with van der Waals surface area (Å²) in [6, 6.07) is 0. The van der Waals surface area contributed by atoms with Gasteiger partial charge in [0.05, 0.1) is 13.2 Å². The van der Waals surface area contributed by atoms with E-state index in [9.17, 15) is 0 Å². The van der Waals surface area contributed by atoms with E-state index in [1.807, 2.05) is 13.1 Å². The first-order valence-corrected chi connectivity index (χ1v) is 4.65. The average molecular weight is 181 g/mol. The fourth-order valence-electron chi connectivity index (χ4n) is 1.55. The predicted octanol–water partition coefficient (Wildman–Crippen LogP) is 0.550. The van der Waals surface area contributed by atoms with Crippen LogP contribution in [0.4, 0.5) is 0 Å². The molecule has 2 heterocycles. The zero-order valence-corrected chi connectivity index (χ0v) is 7.92. The van der Waals surface area contributed by atoms with E-state index in [2.05, 4.69) is 14.9 Å². The summed E-state index contributed by atoms with van der Waals surface area (Å²) < 4.78 is 5.28. The molecule has 2 rings (SSSR count). The van der Waals surface area contributed by atoms with Crippen molar-refractivity contribution in [2.24, 2.45) is 0 Å². The Morgan fingerprint density at radius 3 is 2.92 bits per heavy atom. The van der Waals surface area contributed by atoms with Gasteiger partial charge in [-0.1, -0.05) is 0 Å². The van der Waals surface area contributed by atoms with Crippen molar-refractivity contribution in [3.8, 4) is 0 Å².